The van der Waals surface area contributed by atoms with E-state index in [1.807, 2.05) is 0 Å². The molecule has 0 unspecified atom stereocenters. The van der Waals surface area contributed by atoms with Crippen LogP contribution in [0.2, 0.25) is 0 Å². The Morgan fingerprint density at radius 2 is 1.88 bits per heavy atom. The number of aromatic nitrogens is 4. The lowest BCUT2D eigenvalue weighted by Gasteiger charge is -2.22. The molecule has 9 nitrogen and oxygen atoms in total. The van der Waals surface area contributed by atoms with E-state index in [4.69, 9.17) is 20.2 Å². The second kappa shape index (κ2) is 7.97. The van der Waals surface area contributed by atoms with E-state index >= 15 is 0 Å². The molecule has 182 valence electrons. The molecular weight excluding hydrogens is 453 g/mol. The fourth-order valence-electron chi connectivity index (χ4n) is 4.66. The Morgan fingerprint density at radius 3 is 2.44 bits per heavy atom. The highest BCUT2D eigenvalue weighted by Crippen LogP contribution is 2.49. The lowest BCUT2D eigenvalue weighted by atomic mass is 10.0. The van der Waals surface area contributed by atoms with Crippen LogP contribution in [-0.2, 0) is 17.9 Å². The second-order valence-electron chi connectivity index (χ2n) is 9.33. The summed E-state index contributed by atoms with van der Waals surface area (Å²) in [4.78, 5) is 20.4. The number of hydrogen-bond donors (Lipinski definition) is 2. The van der Waals surface area contributed by atoms with Gasteiger partial charge < -0.3 is 19.9 Å². The van der Waals surface area contributed by atoms with Crippen LogP contribution in [0.25, 0.3) is 22.3 Å². The van der Waals surface area contributed by atoms with Gasteiger partial charge in [0, 0.05) is 47.9 Å². The Kier molecular flexibility index (Phi) is 5.30. The van der Waals surface area contributed by atoms with Crippen molar-refractivity contribution in [2.45, 2.75) is 76.8 Å². The van der Waals surface area contributed by atoms with Gasteiger partial charge in [-0.2, -0.15) is 13.2 Å². The van der Waals surface area contributed by atoms with Crippen LogP contribution in [-0.4, -0.2) is 47.9 Å². The van der Waals surface area contributed by atoms with Crippen LogP contribution in [0.5, 0.6) is 0 Å². The number of alkyl halides is 3. The predicted octanol–water partition coefficient (Wildman–Crippen LogP) is 4.24. The third-order valence-corrected chi connectivity index (χ3v) is 6.45. The van der Waals surface area contributed by atoms with E-state index in [0.29, 0.717) is 17.8 Å². The van der Waals surface area contributed by atoms with Crippen LogP contribution in [0.3, 0.4) is 0 Å². The third kappa shape index (κ3) is 3.89. The molecule has 6 rings (SSSR count). The van der Waals surface area contributed by atoms with Gasteiger partial charge in [-0.3, -0.25) is 4.90 Å². The normalized spacial score (nSPS) is 18.3. The zero-order valence-electron chi connectivity index (χ0n) is 18.8. The Bertz CT molecular complexity index is 1260. The Labute approximate surface area is 192 Å². The maximum atomic E-state index is 10.6. The summed E-state index contributed by atoms with van der Waals surface area (Å²) in [6, 6.07) is 0.941. The number of halogens is 3. The molecule has 3 N–H and O–H groups in total. The Morgan fingerprint density at radius 1 is 1.21 bits per heavy atom. The van der Waals surface area contributed by atoms with Crippen molar-refractivity contribution in [1.29, 1.82) is 0 Å². The first-order valence-electron chi connectivity index (χ1n) is 11.2. The highest BCUT2D eigenvalue weighted by atomic mass is 19.4. The van der Waals surface area contributed by atoms with Gasteiger partial charge in [-0.25, -0.2) is 14.8 Å². The van der Waals surface area contributed by atoms with Crippen molar-refractivity contribution >= 4 is 22.8 Å². The van der Waals surface area contributed by atoms with E-state index in [-0.39, 0.29) is 6.04 Å². The molecule has 0 bridgehead atoms. The topological polar surface area (TPSA) is 123 Å². The molecular formula is C22H25F3N6O3. The summed E-state index contributed by atoms with van der Waals surface area (Å²) in [5.74, 6) is -0.606. The molecule has 2 aliphatic carbocycles. The number of rotatable bonds is 3. The van der Waals surface area contributed by atoms with Crippen molar-refractivity contribution in [1.82, 2.24) is 24.6 Å². The van der Waals surface area contributed by atoms with Gasteiger partial charge in [0.2, 0.25) is 0 Å². The van der Waals surface area contributed by atoms with Crippen molar-refractivity contribution in [3.63, 3.8) is 0 Å². The Hall–Kier alpha value is -3.15. The summed E-state index contributed by atoms with van der Waals surface area (Å²) in [5, 5.41) is 12.6. The van der Waals surface area contributed by atoms with Crippen LogP contribution in [0.15, 0.2) is 10.9 Å². The van der Waals surface area contributed by atoms with Gasteiger partial charge in [0.1, 0.15) is 29.2 Å². The lowest BCUT2D eigenvalue weighted by Crippen LogP contribution is -2.26. The molecule has 12 heteroatoms. The number of carboxylic acid groups (broad SMARTS) is 1. The van der Waals surface area contributed by atoms with Gasteiger partial charge in [-0.15, -0.1) is 0 Å². The van der Waals surface area contributed by atoms with E-state index in [0.717, 1.165) is 41.1 Å². The Balaban J connectivity index is 0.000000304. The molecule has 2 fully saturated rings. The summed E-state index contributed by atoms with van der Waals surface area (Å²) in [6.45, 7) is 6.21. The molecule has 0 amide bonds. The number of nitrogens with zero attached hydrogens (tertiary/aromatic N) is 5. The zero-order chi connectivity index (χ0) is 24.4. The molecule has 3 aromatic heterocycles. The first kappa shape index (κ1) is 22.6. The van der Waals surface area contributed by atoms with Crippen molar-refractivity contribution in [3.05, 3.63) is 23.3 Å². The second-order valence-corrected chi connectivity index (χ2v) is 9.33. The van der Waals surface area contributed by atoms with Gasteiger partial charge in [-0.05, 0) is 39.5 Å². The van der Waals surface area contributed by atoms with Crippen LogP contribution >= 0.6 is 0 Å². The fraction of sp³-hybridized carbons (Fsp3) is 0.545. The quantitative estimate of drug-likeness (QED) is 0.573. The average molecular weight is 478 g/mol. The van der Waals surface area contributed by atoms with Crippen LogP contribution in [0.1, 0.15) is 68.5 Å². The molecule has 1 aliphatic heterocycles. The standard InChI is InChI=1S/C20H24N6O.C2HF3O2/c1-10(2)26-14-8-25(12-5-6-12)7-13-17(24-27-18(13)11-3-4-11)15(14)16-19(21)22-9-23-20(16)26;3-2(4,5)1(6)7/h9-12H,3-8H2,1-2H3,(H2,21,22,23);(H,6,7). The van der Waals surface area contributed by atoms with Gasteiger partial charge in [-0.1, -0.05) is 5.16 Å². The molecule has 4 heterocycles. The molecule has 34 heavy (non-hydrogen) atoms. The molecule has 0 radical (unpaired) electrons. The molecule has 0 aromatic carbocycles. The summed E-state index contributed by atoms with van der Waals surface area (Å²) >= 11 is 0. The highest BCUT2D eigenvalue weighted by Gasteiger charge is 2.41. The monoisotopic (exact) mass is 478 g/mol. The van der Waals surface area contributed by atoms with Crippen LogP contribution in [0, 0.1) is 0 Å². The first-order chi connectivity index (χ1) is 16.1. The first-order valence-corrected chi connectivity index (χ1v) is 11.2. The van der Waals surface area contributed by atoms with Crippen LogP contribution < -0.4 is 5.73 Å². The number of aliphatic carboxylic acids is 1. The summed E-state index contributed by atoms with van der Waals surface area (Å²) in [5.41, 5.74) is 11.8. The fourth-order valence-corrected chi connectivity index (χ4v) is 4.66. The van der Waals surface area contributed by atoms with E-state index in [1.54, 1.807) is 6.33 Å². The molecule has 3 aromatic rings. The number of carbonyl (C=O) groups is 1. The zero-order valence-corrected chi connectivity index (χ0v) is 18.8. The lowest BCUT2D eigenvalue weighted by molar-refractivity contribution is -0.192. The average Bonchev–Trinajstić information content (AvgIpc) is 3.67. The van der Waals surface area contributed by atoms with Crippen molar-refractivity contribution in [2.75, 3.05) is 5.73 Å². The minimum Gasteiger partial charge on any atom is -0.475 e. The number of carboxylic acids is 1. The molecule has 3 aliphatic rings. The minimum atomic E-state index is -5.08. The summed E-state index contributed by atoms with van der Waals surface area (Å²) in [7, 11) is 0. The third-order valence-electron chi connectivity index (χ3n) is 6.45. The molecule has 2 saturated carbocycles. The molecule has 0 atom stereocenters. The SMILES string of the molecule is CC(C)n1c2c(c3c(N)ncnc31)-c1noc(C3CC3)c1CN(C1CC1)C2.O=C(O)C(F)(F)F. The van der Waals surface area contributed by atoms with Gasteiger partial charge in [0.15, 0.2) is 0 Å². The molecule has 0 saturated heterocycles. The molecule has 0 spiro atoms. The van der Waals surface area contributed by atoms with Crippen molar-refractivity contribution < 1.29 is 27.6 Å². The van der Waals surface area contributed by atoms with E-state index in [1.165, 1.54) is 36.9 Å². The van der Waals surface area contributed by atoms with E-state index in [2.05, 4.69) is 38.4 Å². The number of nitrogen functional groups attached to an aromatic ring is 1. The largest absolute Gasteiger partial charge is 0.490 e. The maximum absolute atomic E-state index is 10.6. The minimum absolute atomic E-state index is 0.281. The number of fused-ring (bicyclic) bond motifs is 5. The van der Waals surface area contributed by atoms with Gasteiger partial charge in [0.05, 0.1) is 5.39 Å². The van der Waals surface area contributed by atoms with Gasteiger partial charge >= 0.3 is 12.1 Å². The number of anilines is 1. The van der Waals surface area contributed by atoms with E-state index < -0.39 is 12.1 Å². The van der Waals surface area contributed by atoms with Crippen molar-refractivity contribution in [3.8, 4) is 11.3 Å². The number of nitrogens with two attached hydrogens (primary N) is 1. The van der Waals surface area contributed by atoms with Gasteiger partial charge in [0.25, 0.3) is 0 Å². The van der Waals surface area contributed by atoms with Crippen molar-refractivity contribution in [2.24, 2.45) is 0 Å². The maximum Gasteiger partial charge on any atom is 0.490 e. The predicted molar refractivity (Wildman–Crippen MR) is 116 cm³/mol. The van der Waals surface area contributed by atoms with Crippen LogP contribution in [0.4, 0.5) is 19.0 Å². The number of hydrogen-bond acceptors (Lipinski definition) is 7. The van der Waals surface area contributed by atoms with E-state index in [9.17, 15) is 13.2 Å². The smallest absolute Gasteiger partial charge is 0.475 e. The highest BCUT2D eigenvalue weighted by molar-refractivity contribution is 6.02. The summed E-state index contributed by atoms with van der Waals surface area (Å²) in [6.07, 6.45) is 1.44. The summed E-state index contributed by atoms with van der Waals surface area (Å²) < 4.78 is 39.9.